The summed E-state index contributed by atoms with van der Waals surface area (Å²) in [4.78, 5) is 4.30. The lowest BCUT2D eigenvalue weighted by Gasteiger charge is -2.17. The maximum Gasteiger partial charge on any atom is 0.418 e. The number of pyridine rings is 1. The third kappa shape index (κ3) is 5.36. The minimum atomic E-state index is -4.49. The number of aromatic nitrogens is 1. The molecule has 0 bridgehead atoms. The Hall–Kier alpha value is -4.12. The molecule has 0 unspecified atom stereocenters. The van der Waals surface area contributed by atoms with Crippen molar-refractivity contribution in [1.29, 1.82) is 0 Å². The summed E-state index contributed by atoms with van der Waals surface area (Å²) < 4.78 is 47.6. The van der Waals surface area contributed by atoms with Crippen LogP contribution in [0.4, 0.5) is 13.2 Å². The van der Waals surface area contributed by atoms with Crippen LogP contribution < -0.4 is 4.74 Å². The second kappa shape index (κ2) is 10.1. The summed E-state index contributed by atoms with van der Waals surface area (Å²) in [6.45, 7) is 4.37. The summed E-state index contributed by atoms with van der Waals surface area (Å²) in [7, 11) is 0. The van der Waals surface area contributed by atoms with Gasteiger partial charge in [-0.05, 0) is 77.4 Å². The van der Waals surface area contributed by atoms with Gasteiger partial charge in [0.2, 0.25) is 0 Å². The van der Waals surface area contributed by atoms with Gasteiger partial charge in [-0.1, -0.05) is 72.8 Å². The van der Waals surface area contributed by atoms with Crippen LogP contribution in [-0.2, 0) is 19.2 Å². The normalized spacial score (nSPS) is 11.6. The second-order valence-corrected chi connectivity index (χ2v) is 9.28. The Morgan fingerprint density at radius 2 is 1.54 bits per heavy atom. The molecule has 0 aliphatic carbocycles. The highest BCUT2D eigenvalue weighted by molar-refractivity contribution is 5.98. The van der Waals surface area contributed by atoms with E-state index >= 15 is 0 Å². The van der Waals surface area contributed by atoms with E-state index in [9.17, 15) is 13.2 Å². The number of para-hydroxylation sites is 1. The molecule has 5 rings (SSSR count). The highest BCUT2D eigenvalue weighted by Crippen LogP contribution is 2.39. The lowest BCUT2D eigenvalue weighted by atomic mass is 9.91. The molecule has 5 aromatic rings. The van der Waals surface area contributed by atoms with Gasteiger partial charge in [0.05, 0.1) is 11.1 Å². The van der Waals surface area contributed by atoms with Crippen molar-refractivity contribution >= 4 is 10.9 Å². The zero-order valence-corrected chi connectivity index (χ0v) is 20.6. The largest absolute Gasteiger partial charge is 0.489 e. The van der Waals surface area contributed by atoms with Gasteiger partial charge < -0.3 is 4.74 Å². The van der Waals surface area contributed by atoms with E-state index in [0.29, 0.717) is 18.4 Å². The number of hydrogen-bond acceptors (Lipinski definition) is 2. The molecule has 0 amide bonds. The van der Waals surface area contributed by atoms with Crippen LogP contribution in [0, 0.1) is 13.8 Å². The smallest absolute Gasteiger partial charge is 0.418 e. The Morgan fingerprint density at radius 1 is 0.784 bits per heavy atom. The van der Waals surface area contributed by atoms with E-state index in [4.69, 9.17) is 4.74 Å². The predicted molar refractivity (Wildman–Crippen MR) is 142 cm³/mol. The minimum Gasteiger partial charge on any atom is -0.489 e. The predicted octanol–water partition coefficient (Wildman–Crippen LogP) is 8.71. The number of alkyl halides is 3. The molecule has 0 saturated carbocycles. The fourth-order valence-corrected chi connectivity index (χ4v) is 4.62. The molecule has 4 aromatic carbocycles. The highest BCUT2D eigenvalue weighted by Gasteiger charge is 2.33. The standard InChI is InChI=1S/C32H26F3NO/c1-21-14-15-22(2)29(16-21)37-20-24-10-6-11-25(18-24)30-26(17-23-8-4-3-5-9-23)19-36-31-27(30)12-7-13-28(31)32(33,34)35/h3-16,18-19H,17,20H2,1-2H3. The molecule has 0 aliphatic heterocycles. The fraction of sp³-hybridized carbons (Fsp3) is 0.156. The summed E-state index contributed by atoms with van der Waals surface area (Å²) >= 11 is 0. The van der Waals surface area contributed by atoms with Crippen LogP contribution in [0.5, 0.6) is 5.75 Å². The van der Waals surface area contributed by atoms with E-state index in [1.165, 1.54) is 6.07 Å². The fourth-order valence-electron chi connectivity index (χ4n) is 4.62. The van der Waals surface area contributed by atoms with Crippen molar-refractivity contribution in [1.82, 2.24) is 4.98 Å². The van der Waals surface area contributed by atoms with Crippen molar-refractivity contribution in [3.05, 3.63) is 131 Å². The average molecular weight is 498 g/mol. The van der Waals surface area contributed by atoms with Crippen LogP contribution in [0.3, 0.4) is 0 Å². The molecule has 5 heteroatoms. The van der Waals surface area contributed by atoms with Crippen LogP contribution in [0.2, 0.25) is 0 Å². The molecule has 37 heavy (non-hydrogen) atoms. The average Bonchev–Trinajstić information content (AvgIpc) is 2.89. The van der Waals surface area contributed by atoms with Gasteiger partial charge in [-0.15, -0.1) is 0 Å². The van der Waals surface area contributed by atoms with Crippen molar-refractivity contribution < 1.29 is 17.9 Å². The van der Waals surface area contributed by atoms with Gasteiger partial charge >= 0.3 is 6.18 Å². The van der Waals surface area contributed by atoms with E-state index < -0.39 is 11.7 Å². The molecule has 0 N–H and O–H groups in total. The molecule has 0 aliphatic rings. The number of rotatable bonds is 6. The van der Waals surface area contributed by atoms with Crippen LogP contribution in [-0.4, -0.2) is 4.98 Å². The minimum absolute atomic E-state index is 0.0427. The first-order valence-electron chi connectivity index (χ1n) is 12.1. The maximum absolute atomic E-state index is 13.8. The van der Waals surface area contributed by atoms with Gasteiger partial charge in [-0.25, -0.2) is 0 Å². The Bertz CT molecular complexity index is 1560. The van der Waals surface area contributed by atoms with Crippen LogP contribution in [0.1, 0.15) is 33.4 Å². The summed E-state index contributed by atoms with van der Waals surface area (Å²) in [6, 6.07) is 28.0. The molecular weight excluding hydrogens is 471 g/mol. The Balaban J connectivity index is 1.60. The topological polar surface area (TPSA) is 22.1 Å². The first-order valence-corrected chi connectivity index (χ1v) is 12.1. The van der Waals surface area contributed by atoms with Crippen molar-refractivity contribution in [2.24, 2.45) is 0 Å². The molecule has 0 fully saturated rings. The molecular formula is C32H26F3NO. The lowest BCUT2D eigenvalue weighted by Crippen LogP contribution is -2.07. The number of halogens is 3. The van der Waals surface area contributed by atoms with Gasteiger partial charge in [-0.2, -0.15) is 13.2 Å². The van der Waals surface area contributed by atoms with E-state index in [2.05, 4.69) is 4.98 Å². The van der Waals surface area contributed by atoms with Crippen LogP contribution in [0.15, 0.2) is 97.2 Å². The van der Waals surface area contributed by atoms with Gasteiger partial charge in [0.25, 0.3) is 0 Å². The van der Waals surface area contributed by atoms with E-state index in [0.717, 1.165) is 50.8 Å². The third-order valence-corrected chi connectivity index (χ3v) is 6.47. The SMILES string of the molecule is Cc1ccc(C)c(OCc2cccc(-c3c(Cc4ccccc4)cnc4c(C(F)(F)F)cccc34)c2)c1. The number of nitrogens with zero attached hydrogens (tertiary/aromatic N) is 1. The Labute approximate surface area is 214 Å². The molecule has 186 valence electrons. The van der Waals surface area contributed by atoms with E-state index in [-0.39, 0.29) is 5.52 Å². The molecule has 0 atom stereocenters. The maximum atomic E-state index is 13.8. The molecule has 0 saturated heterocycles. The molecule has 1 heterocycles. The van der Waals surface area contributed by atoms with E-state index in [1.54, 1.807) is 12.3 Å². The van der Waals surface area contributed by atoms with Crippen molar-refractivity contribution in [2.45, 2.75) is 33.1 Å². The number of fused-ring (bicyclic) bond motifs is 1. The lowest BCUT2D eigenvalue weighted by molar-refractivity contribution is -0.136. The number of benzene rings is 4. The van der Waals surface area contributed by atoms with Crippen molar-refractivity contribution in [3.63, 3.8) is 0 Å². The zero-order valence-electron chi connectivity index (χ0n) is 20.6. The zero-order chi connectivity index (χ0) is 26.0. The van der Waals surface area contributed by atoms with E-state index in [1.807, 2.05) is 86.6 Å². The first kappa shape index (κ1) is 24.6. The third-order valence-electron chi connectivity index (χ3n) is 6.47. The molecule has 0 spiro atoms. The number of aryl methyl sites for hydroxylation is 2. The highest BCUT2D eigenvalue weighted by atomic mass is 19.4. The quantitative estimate of drug-likeness (QED) is 0.234. The summed E-state index contributed by atoms with van der Waals surface area (Å²) in [5, 5.41) is 0.482. The second-order valence-electron chi connectivity index (χ2n) is 9.28. The molecule has 1 aromatic heterocycles. The van der Waals surface area contributed by atoms with Gasteiger partial charge in [0, 0.05) is 11.6 Å². The monoisotopic (exact) mass is 497 g/mol. The van der Waals surface area contributed by atoms with Crippen LogP contribution in [0.25, 0.3) is 22.0 Å². The summed E-state index contributed by atoms with van der Waals surface area (Å²) in [6.07, 6.45) is -2.36. The number of ether oxygens (including phenoxy) is 1. The molecule has 2 nitrogen and oxygen atoms in total. The van der Waals surface area contributed by atoms with Gasteiger partial charge in [-0.3, -0.25) is 4.98 Å². The van der Waals surface area contributed by atoms with Crippen LogP contribution >= 0.6 is 0 Å². The summed E-state index contributed by atoms with van der Waals surface area (Å²) in [5.41, 5.74) is 5.84. The Morgan fingerprint density at radius 3 is 2.32 bits per heavy atom. The first-order chi connectivity index (χ1) is 17.8. The Kier molecular flexibility index (Phi) is 6.70. The number of hydrogen-bond donors (Lipinski definition) is 0. The van der Waals surface area contributed by atoms with Crippen molar-refractivity contribution in [2.75, 3.05) is 0 Å². The van der Waals surface area contributed by atoms with Gasteiger partial charge in [0.15, 0.2) is 0 Å². The van der Waals surface area contributed by atoms with Crippen molar-refractivity contribution in [3.8, 4) is 16.9 Å². The summed E-state index contributed by atoms with van der Waals surface area (Å²) in [5.74, 6) is 0.819. The molecule has 0 radical (unpaired) electrons. The van der Waals surface area contributed by atoms with Gasteiger partial charge in [0.1, 0.15) is 12.4 Å².